The second kappa shape index (κ2) is 3.32. The summed E-state index contributed by atoms with van der Waals surface area (Å²) >= 11 is 0. The summed E-state index contributed by atoms with van der Waals surface area (Å²) in [6, 6.07) is 7.55. The van der Waals surface area contributed by atoms with Gasteiger partial charge in [0.15, 0.2) is 5.78 Å². The molecule has 3 rings (SSSR count). The van der Waals surface area contributed by atoms with Crippen LogP contribution >= 0.6 is 0 Å². The molecule has 1 atom stereocenters. The Bertz CT molecular complexity index is 443. The minimum Gasteiger partial charge on any atom is -0.485 e. The Hall–Kier alpha value is -1.35. The number of likely N-dealkylation sites (N-methyl/N-ethyl adjacent to an activating group) is 1. The number of fused-ring (bicyclic) bond motifs is 1. The monoisotopic (exact) mass is 217 g/mol. The third-order valence-corrected chi connectivity index (χ3v) is 3.50. The van der Waals surface area contributed by atoms with Gasteiger partial charge in [0, 0.05) is 19.5 Å². The van der Waals surface area contributed by atoms with Gasteiger partial charge in [-0.15, -0.1) is 0 Å². The van der Waals surface area contributed by atoms with Crippen LogP contribution in [0.25, 0.3) is 0 Å². The Morgan fingerprint density at radius 3 is 2.94 bits per heavy atom. The molecule has 1 saturated heterocycles. The maximum atomic E-state index is 12.1. The summed E-state index contributed by atoms with van der Waals surface area (Å²) in [5.74, 6) is 0.978. The molecular formula is C13H15NO2. The number of ether oxygens (including phenoxy) is 1. The lowest BCUT2D eigenvalue weighted by atomic mass is 9.89. The third kappa shape index (κ3) is 1.43. The first-order valence-electron chi connectivity index (χ1n) is 5.68. The van der Waals surface area contributed by atoms with E-state index in [9.17, 15) is 4.79 Å². The number of hydrogen-bond donors (Lipinski definition) is 0. The van der Waals surface area contributed by atoms with E-state index in [0.717, 1.165) is 30.8 Å². The van der Waals surface area contributed by atoms with Crippen LogP contribution < -0.4 is 4.74 Å². The van der Waals surface area contributed by atoms with Crippen molar-refractivity contribution in [2.45, 2.75) is 18.4 Å². The number of ketones is 1. The zero-order chi connectivity index (χ0) is 11.2. The van der Waals surface area contributed by atoms with Crippen molar-refractivity contribution in [3.05, 3.63) is 29.8 Å². The van der Waals surface area contributed by atoms with Crippen molar-refractivity contribution >= 4 is 5.78 Å². The van der Waals surface area contributed by atoms with Gasteiger partial charge < -0.3 is 9.64 Å². The largest absolute Gasteiger partial charge is 0.485 e. The molecular weight excluding hydrogens is 202 g/mol. The molecule has 0 bridgehead atoms. The molecule has 84 valence electrons. The van der Waals surface area contributed by atoms with E-state index in [1.165, 1.54) is 0 Å². The van der Waals surface area contributed by atoms with Crippen molar-refractivity contribution in [2.75, 3.05) is 20.1 Å². The predicted octanol–water partition coefficient (Wildman–Crippen LogP) is 1.73. The molecule has 0 aromatic heterocycles. The maximum Gasteiger partial charge on any atom is 0.170 e. The number of para-hydroxylation sites is 1. The van der Waals surface area contributed by atoms with Gasteiger partial charge in [-0.3, -0.25) is 4.79 Å². The van der Waals surface area contributed by atoms with Crippen LogP contribution in [0.15, 0.2) is 24.3 Å². The quantitative estimate of drug-likeness (QED) is 0.662. The van der Waals surface area contributed by atoms with E-state index in [4.69, 9.17) is 4.74 Å². The van der Waals surface area contributed by atoms with E-state index in [0.29, 0.717) is 6.42 Å². The highest BCUT2D eigenvalue weighted by Crippen LogP contribution is 2.37. The zero-order valence-electron chi connectivity index (χ0n) is 9.40. The third-order valence-electron chi connectivity index (χ3n) is 3.50. The first kappa shape index (κ1) is 9.85. The van der Waals surface area contributed by atoms with E-state index in [1.807, 2.05) is 24.3 Å². The molecule has 1 fully saturated rings. The summed E-state index contributed by atoms with van der Waals surface area (Å²) in [5.41, 5.74) is 0.475. The molecule has 2 aliphatic heterocycles. The molecule has 0 N–H and O–H groups in total. The molecule has 1 aromatic carbocycles. The van der Waals surface area contributed by atoms with Crippen LogP contribution in [-0.4, -0.2) is 36.4 Å². The Labute approximate surface area is 95.0 Å². The van der Waals surface area contributed by atoms with Gasteiger partial charge in [-0.25, -0.2) is 0 Å². The summed E-state index contributed by atoms with van der Waals surface area (Å²) < 4.78 is 6.06. The van der Waals surface area contributed by atoms with Crippen molar-refractivity contribution in [2.24, 2.45) is 0 Å². The Balaban J connectivity index is 1.98. The smallest absolute Gasteiger partial charge is 0.170 e. The lowest BCUT2D eigenvalue weighted by Crippen LogP contribution is -2.43. The van der Waals surface area contributed by atoms with Crippen LogP contribution in [0.3, 0.4) is 0 Å². The van der Waals surface area contributed by atoms with Gasteiger partial charge in [0.1, 0.15) is 11.4 Å². The molecule has 3 nitrogen and oxygen atoms in total. The van der Waals surface area contributed by atoms with Crippen LogP contribution in [0.2, 0.25) is 0 Å². The fourth-order valence-electron chi connectivity index (χ4n) is 2.72. The number of likely N-dealkylation sites (tertiary alicyclic amines) is 1. The number of Topliss-reactive ketones (excluding diaryl/α,β-unsaturated/α-hetero) is 1. The lowest BCUT2D eigenvalue weighted by molar-refractivity contribution is 0.0476. The van der Waals surface area contributed by atoms with Crippen LogP contribution in [0.5, 0.6) is 5.75 Å². The average molecular weight is 217 g/mol. The standard InChI is InChI=1S/C13H15NO2/c1-14-7-6-13(9-14)8-11(15)10-4-2-3-5-12(10)16-13/h2-5H,6-9H2,1H3. The molecule has 0 radical (unpaired) electrons. The fraction of sp³-hybridized carbons (Fsp3) is 0.462. The molecule has 3 heteroatoms. The summed E-state index contributed by atoms with van der Waals surface area (Å²) in [5, 5.41) is 0. The van der Waals surface area contributed by atoms with Gasteiger partial charge in [-0.2, -0.15) is 0 Å². The number of carbonyl (C=O) groups excluding carboxylic acids is 1. The summed E-state index contributed by atoms with van der Waals surface area (Å²) in [6.07, 6.45) is 1.47. The molecule has 0 saturated carbocycles. The second-order valence-electron chi connectivity index (χ2n) is 4.87. The van der Waals surface area contributed by atoms with E-state index in [2.05, 4.69) is 11.9 Å². The molecule has 2 aliphatic rings. The van der Waals surface area contributed by atoms with Crippen LogP contribution in [0, 0.1) is 0 Å². The number of carbonyl (C=O) groups is 1. The van der Waals surface area contributed by atoms with E-state index < -0.39 is 0 Å². The highest BCUT2D eigenvalue weighted by atomic mass is 16.5. The van der Waals surface area contributed by atoms with Crippen molar-refractivity contribution < 1.29 is 9.53 Å². The highest BCUT2D eigenvalue weighted by Gasteiger charge is 2.44. The topological polar surface area (TPSA) is 29.5 Å². The second-order valence-corrected chi connectivity index (χ2v) is 4.87. The molecule has 0 aliphatic carbocycles. The average Bonchev–Trinajstić information content (AvgIpc) is 2.59. The van der Waals surface area contributed by atoms with E-state index >= 15 is 0 Å². The van der Waals surface area contributed by atoms with Crippen LogP contribution in [0.1, 0.15) is 23.2 Å². The van der Waals surface area contributed by atoms with Crippen molar-refractivity contribution in [3.8, 4) is 5.75 Å². The van der Waals surface area contributed by atoms with Gasteiger partial charge in [0.2, 0.25) is 0 Å². The predicted molar refractivity (Wildman–Crippen MR) is 60.9 cm³/mol. The molecule has 0 amide bonds. The van der Waals surface area contributed by atoms with Gasteiger partial charge >= 0.3 is 0 Å². The van der Waals surface area contributed by atoms with Crippen molar-refractivity contribution in [3.63, 3.8) is 0 Å². The normalized spacial score (nSPS) is 29.2. The molecule has 2 heterocycles. The number of benzene rings is 1. The number of hydrogen-bond acceptors (Lipinski definition) is 3. The Morgan fingerprint density at radius 2 is 2.19 bits per heavy atom. The van der Waals surface area contributed by atoms with Gasteiger partial charge in [-0.05, 0) is 19.2 Å². The van der Waals surface area contributed by atoms with Crippen LogP contribution in [-0.2, 0) is 0 Å². The van der Waals surface area contributed by atoms with E-state index in [-0.39, 0.29) is 11.4 Å². The number of rotatable bonds is 0. The minimum absolute atomic E-state index is 0.220. The fourth-order valence-corrected chi connectivity index (χ4v) is 2.72. The van der Waals surface area contributed by atoms with Gasteiger partial charge in [-0.1, -0.05) is 12.1 Å². The Kier molecular flexibility index (Phi) is 2.04. The minimum atomic E-state index is -0.264. The lowest BCUT2D eigenvalue weighted by Gasteiger charge is -2.34. The molecule has 1 aromatic rings. The number of nitrogens with zero attached hydrogens (tertiary/aromatic N) is 1. The SMILES string of the molecule is CN1CCC2(CC(=O)c3ccccc3O2)C1. The first-order valence-corrected chi connectivity index (χ1v) is 5.68. The molecule has 1 spiro atoms. The first-order chi connectivity index (χ1) is 7.69. The molecule has 1 unspecified atom stereocenters. The van der Waals surface area contributed by atoms with Gasteiger partial charge in [0.05, 0.1) is 12.0 Å². The Morgan fingerprint density at radius 1 is 1.38 bits per heavy atom. The van der Waals surface area contributed by atoms with Crippen molar-refractivity contribution in [1.29, 1.82) is 0 Å². The maximum absolute atomic E-state index is 12.1. The molecule has 16 heavy (non-hydrogen) atoms. The highest BCUT2D eigenvalue weighted by molar-refractivity contribution is 6.00. The summed E-state index contributed by atoms with van der Waals surface area (Å²) in [6.45, 7) is 1.86. The summed E-state index contributed by atoms with van der Waals surface area (Å²) in [4.78, 5) is 14.3. The van der Waals surface area contributed by atoms with E-state index in [1.54, 1.807) is 0 Å². The van der Waals surface area contributed by atoms with Crippen LogP contribution in [0.4, 0.5) is 0 Å². The van der Waals surface area contributed by atoms with Gasteiger partial charge in [0.25, 0.3) is 0 Å². The summed E-state index contributed by atoms with van der Waals surface area (Å²) in [7, 11) is 2.07. The zero-order valence-corrected chi connectivity index (χ0v) is 9.40. The van der Waals surface area contributed by atoms with Crippen molar-refractivity contribution in [1.82, 2.24) is 4.90 Å².